The minimum absolute atomic E-state index is 0.00616. The van der Waals surface area contributed by atoms with Crippen molar-refractivity contribution in [2.45, 2.75) is 71.2 Å². The van der Waals surface area contributed by atoms with E-state index < -0.39 is 14.1 Å². The van der Waals surface area contributed by atoms with E-state index in [9.17, 15) is 0 Å². The Balaban J connectivity index is 1.42. The molecule has 45 heavy (non-hydrogen) atoms. The molecule has 0 N–H and O–H groups in total. The quantitative estimate of drug-likeness (QED) is 0.107. The molecule has 0 spiro atoms. The number of hydrogen-bond acceptors (Lipinski definition) is 7. The molecule has 3 atom stereocenters. The van der Waals surface area contributed by atoms with E-state index in [1.54, 1.807) is 24.4 Å². The van der Waals surface area contributed by atoms with E-state index in [-0.39, 0.29) is 40.2 Å². The number of anilines is 1. The lowest BCUT2D eigenvalue weighted by Crippen LogP contribution is -2.46. The Hall–Kier alpha value is -2.92. The van der Waals surface area contributed by atoms with Crippen molar-refractivity contribution in [3.63, 3.8) is 0 Å². The van der Waals surface area contributed by atoms with E-state index in [1.165, 1.54) is 13.2 Å². The molecule has 2 aliphatic rings. The number of rotatable bonds is 8. The van der Waals surface area contributed by atoms with Crippen LogP contribution in [0.3, 0.4) is 0 Å². The van der Waals surface area contributed by atoms with Gasteiger partial charge in [0.1, 0.15) is 28.6 Å². The number of pyridine rings is 1. The summed E-state index contributed by atoms with van der Waals surface area (Å²) in [6, 6.07) is 6.54. The highest BCUT2D eigenvalue weighted by molar-refractivity contribution is 6.74. The van der Waals surface area contributed by atoms with Gasteiger partial charge in [0, 0.05) is 44.0 Å². The van der Waals surface area contributed by atoms with Crippen LogP contribution in [0.2, 0.25) is 23.4 Å². The zero-order chi connectivity index (χ0) is 32.3. The van der Waals surface area contributed by atoms with Crippen LogP contribution >= 0.6 is 11.6 Å². The summed E-state index contributed by atoms with van der Waals surface area (Å²) in [5.74, 6) is 0.821. The highest BCUT2D eigenvalue weighted by atomic mass is 35.5. The van der Waals surface area contributed by atoms with Crippen LogP contribution in [0.1, 0.15) is 46.1 Å². The Morgan fingerprint density at radius 3 is 2.58 bits per heavy atom. The third-order valence-electron chi connectivity index (χ3n) is 9.94. The lowest BCUT2D eigenvalue weighted by molar-refractivity contribution is 0.0512. The molecule has 2 aromatic carbocycles. The van der Waals surface area contributed by atoms with Crippen LogP contribution in [-0.4, -0.2) is 56.4 Å². The van der Waals surface area contributed by atoms with Crippen molar-refractivity contribution in [1.29, 1.82) is 0 Å². The van der Waals surface area contributed by atoms with Gasteiger partial charge in [-0.3, -0.25) is 4.98 Å². The second-order valence-corrected chi connectivity index (χ2v) is 19.0. The van der Waals surface area contributed by atoms with E-state index in [0.29, 0.717) is 57.1 Å². The highest BCUT2D eigenvalue weighted by Crippen LogP contribution is 2.46. The van der Waals surface area contributed by atoms with Gasteiger partial charge in [0.05, 0.1) is 5.39 Å². The number of hydrogen-bond donors (Lipinski definition) is 0. The van der Waals surface area contributed by atoms with Crippen molar-refractivity contribution in [1.82, 2.24) is 15.0 Å². The zero-order valence-corrected chi connectivity index (χ0v) is 28.8. The number of fused-ring (bicyclic) bond motifs is 4. The Kier molecular flexibility index (Phi) is 8.56. The van der Waals surface area contributed by atoms with Gasteiger partial charge in [0.2, 0.25) is 5.28 Å². The molecule has 0 unspecified atom stereocenters. The van der Waals surface area contributed by atoms with Gasteiger partial charge in [-0.2, -0.15) is 4.98 Å². The SMILES string of the molecule is CCc1c(F)ccc2cc(OCOC)cc(-c3ncc4c(N5C[C@@H]6C[C@H](C5)[C@H](O[Si](C)(C)C(C)(C)C)C6)nc(Cl)nc4c3F)c12. The molecule has 1 saturated carbocycles. The summed E-state index contributed by atoms with van der Waals surface area (Å²) in [6.07, 6.45) is 4.33. The Bertz CT molecular complexity index is 1770. The normalized spacial score (nSPS) is 20.4. The van der Waals surface area contributed by atoms with E-state index >= 15 is 8.78 Å². The molecule has 4 aromatic rings. The van der Waals surface area contributed by atoms with Crippen LogP contribution in [0.15, 0.2) is 30.5 Å². The molecular formula is C34H41ClF2N4O3Si. The molecule has 1 aliphatic carbocycles. The topological polar surface area (TPSA) is 69.6 Å². The van der Waals surface area contributed by atoms with Gasteiger partial charge in [0.15, 0.2) is 20.9 Å². The second kappa shape index (κ2) is 12.0. The van der Waals surface area contributed by atoms with Gasteiger partial charge in [-0.05, 0) is 89.4 Å². The van der Waals surface area contributed by atoms with Crippen molar-refractivity contribution in [3.8, 4) is 17.0 Å². The largest absolute Gasteiger partial charge is 0.468 e. The smallest absolute Gasteiger partial charge is 0.225 e. The molecule has 2 fully saturated rings. The molecule has 6 rings (SSSR count). The summed E-state index contributed by atoms with van der Waals surface area (Å²) in [5.41, 5.74) is 1.000. The summed E-state index contributed by atoms with van der Waals surface area (Å²) < 4.78 is 49.4. The van der Waals surface area contributed by atoms with Gasteiger partial charge in [-0.1, -0.05) is 33.8 Å². The number of nitrogens with zero attached hydrogens (tertiary/aromatic N) is 4. The average Bonchev–Trinajstić information content (AvgIpc) is 3.26. The summed E-state index contributed by atoms with van der Waals surface area (Å²) >= 11 is 6.48. The fourth-order valence-corrected chi connectivity index (χ4v) is 8.32. The second-order valence-electron chi connectivity index (χ2n) is 13.9. The fraction of sp³-hybridized carbons (Fsp3) is 0.500. The third-order valence-corrected chi connectivity index (χ3v) is 14.6. The molecule has 3 heterocycles. The molecule has 1 saturated heterocycles. The predicted molar refractivity (Wildman–Crippen MR) is 178 cm³/mol. The predicted octanol–water partition coefficient (Wildman–Crippen LogP) is 8.56. The zero-order valence-electron chi connectivity index (χ0n) is 27.0. The lowest BCUT2D eigenvalue weighted by Gasteiger charge is -2.40. The number of aryl methyl sites for hydroxylation is 1. The molecule has 7 nitrogen and oxygen atoms in total. The summed E-state index contributed by atoms with van der Waals surface area (Å²) in [5, 5.41) is 1.86. The minimum atomic E-state index is -1.94. The number of ether oxygens (including phenoxy) is 2. The molecule has 2 aromatic heterocycles. The van der Waals surface area contributed by atoms with Crippen molar-refractivity contribution in [2.75, 3.05) is 31.9 Å². The highest BCUT2D eigenvalue weighted by Gasteiger charge is 2.47. The first-order chi connectivity index (χ1) is 21.3. The van der Waals surface area contributed by atoms with Crippen molar-refractivity contribution in [3.05, 3.63) is 52.9 Å². The molecule has 1 aliphatic heterocycles. The maximum atomic E-state index is 16.7. The lowest BCUT2D eigenvalue weighted by atomic mass is 9.94. The van der Waals surface area contributed by atoms with Gasteiger partial charge < -0.3 is 18.8 Å². The minimum Gasteiger partial charge on any atom is -0.468 e. The van der Waals surface area contributed by atoms with Gasteiger partial charge >= 0.3 is 0 Å². The van der Waals surface area contributed by atoms with Crippen LogP contribution in [0.4, 0.5) is 14.6 Å². The number of piperidine rings is 1. The monoisotopic (exact) mass is 654 g/mol. The summed E-state index contributed by atoms with van der Waals surface area (Å²) in [4.78, 5) is 15.8. The molecule has 0 radical (unpaired) electrons. The summed E-state index contributed by atoms with van der Waals surface area (Å²) in [7, 11) is -0.415. The maximum absolute atomic E-state index is 16.7. The van der Waals surface area contributed by atoms with E-state index in [4.69, 9.17) is 25.5 Å². The van der Waals surface area contributed by atoms with Crippen LogP contribution in [0.5, 0.6) is 5.75 Å². The van der Waals surface area contributed by atoms with Crippen LogP contribution in [-0.2, 0) is 15.6 Å². The maximum Gasteiger partial charge on any atom is 0.225 e. The van der Waals surface area contributed by atoms with Gasteiger partial charge in [0.25, 0.3) is 0 Å². The standard InChI is InChI=1S/C34H41ClF2N4O3Si/c1-8-23-26(36)10-9-20-13-22(43-18-42-5)14-24(28(20)23)30-29(37)31-25(15-38-30)32(40-33(35)39-31)41-16-19-11-21(17-41)27(12-19)44-45(6,7)34(2,3)4/h9-10,13-15,19,21,27H,8,11-12,16-18H2,1-7H3/t19-,21-,27-/m1/s1. The van der Waals surface area contributed by atoms with Crippen molar-refractivity contribution >= 4 is 47.4 Å². The van der Waals surface area contributed by atoms with E-state index in [2.05, 4.69) is 53.7 Å². The number of methoxy groups -OCH3 is 1. The Morgan fingerprint density at radius 1 is 1.09 bits per heavy atom. The van der Waals surface area contributed by atoms with Gasteiger partial charge in [-0.15, -0.1) is 0 Å². The Labute approximate surface area is 269 Å². The van der Waals surface area contributed by atoms with E-state index in [0.717, 1.165) is 25.9 Å². The molecular weight excluding hydrogens is 614 g/mol. The number of benzene rings is 2. The van der Waals surface area contributed by atoms with Crippen molar-refractivity contribution in [2.24, 2.45) is 11.8 Å². The van der Waals surface area contributed by atoms with Gasteiger partial charge in [-0.25, -0.2) is 13.8 Å². The molecule has 240 valence electrons. The number of aromatic nitrogens is 3. The number of halogens is 3. The fourth-order valence-electron chi connectivity index (χ4n) is 6.75. The first-order valence-corrected chi connectivity index (χ1v) is 18.9. The average molecular weight is 655 g/mol. The van der Waals surface area contributed by atoms with E-state index in [1.807, 2.05) is 6.92 Å². The Morgan fingerprint density at radius 2 is 1.87 bits per heavy atom. The van der Waals surface area contributed by atoms with Crippen LogP contribution in [0, 0.1) is 23.5 Å². The van der Waals surface area contributed by atoms with Crippen LogP contribution < -0.4 is 9.64 Å². The first-order valence-electron chi connectivity index (χ1n) is 15.6. The molecule has 2 bridgehead atoms. The molecule has 0 amide bonds. The third kappa shape index (κ3) is 5.90. The van der Waals surface area contributed by atoms with Crippen molar-refractivity contribution < 1.29 is 22.7 Å². The molecule has 11 heteroatoms. The first kappa shape index (κ1) is 32.0. The summed E-state index contributed by atoms with van der Waals surface area (Å²) in [6.45, 7) is 14.8. The van der Waals surface area contributed by atoms with Crippen LogP contribution in [0.25, 0.3) is 32.9 Å².